The SMILES string of the molecule is CCNC(=NCc1ccc(F)c(C)c1)NCc1csc(CC)n1. The molecule has 0 saturated carbocycles. The summed E-state index contributed by atoms with van der Waals surface area (Å²) in [5.41, 5.74) is 2.66. The van der Waals surface area contributed by atoms with Gasteiger partial charge in [-0.1, -0.05) is 19.1 Å². The first-order valence-electron chi connectivity index (χ1n) is 7.82. The Kier molecular flexibility index (Phi) is 6.52. The molecule has 0 radical (unpaired) electrons. The number of aliphatic imine (C=N–C) groups is 1. The molecule has 0 fully saturated rings. The fourth-order valence-electron chi connectivity index (χ4n) is 2.08. The number of nitrogens with zero attached hydrogens (tertiary/aromatic N) is 2. The smallest absolute Gasteiger partial charge is 0.191 e. The maximum atomic E-state index is 13.3. The van der Waals surface area contributed by atoms with Crippen molar-refractivity contribution in [2.75, 3.05) is 6.54 Å². The van der Waals surface area contributed by atoms with E-state index in [4.69, 9.17) is 0 Å². The van der Waals surface area contributed by atoms with Crippen LogP contribution in [0, 0.1) is 12.7 Å². The van der Waals surface area contributed by atoms with Crippen molar-refractivity contribution in [2.24, 2.45) is 4.99 Å². The summed E-state index contributed by atoms with van der Waals surface area (Å²) in [5, 5.41) is 9.70. The first-order valence-corrected chi connectivity index (χ1v) is 8.70. The van der Waals surface area contributed by atoms with Crippen LogP contribution in [-0.4, -0.2) is 17.5 Å². The van der Waals surface area contributed by atoms with Gasteiger partial charge >= 0.3 is 0 Å². The van der Waals surface area contributed by atoms with Gasteiger partial charge in [0.2, 0.25) is 0 Å². The minimum Gasteiger partial charge on any atom is -0.357 e. The summed E-state index contributed by atoms with van der Waals surface area (Å²) in [6.07, 6.45) is 0.961. The van der Waals surface area contributed by atoms with Crippen LogP contribution >= 0.6 is 11.3 Å². The number of nitrogens with one attached hydrogen (secondary N) is 2. The zero-order chi connectivity index (χ0) is 16.7. The fourth-order valence-corrected chi connectivity index (χ4v) is 2.83. The Morgan fingerprint density at radius 2 is 2.13 bits per heavy atom. The van der Waals surface area contributed by atoms with Gasteiger partial charge in [-0.2, -0.15) is 0 Å². The average Bonchev–Trinajstić information content (AvgIpc) is 3.01. The van der Waals surface area contributed by atoms with Gasteiger partial charge in [0.25, 0.3) is 0 Å². The zero-order valence-corrected chi connectivity index (χ0v) is 14.6. The largest absolute Gasteiger partial charge is 0.357 e. The molecule has 0 amide bonds. The van der Waals surface area contributed by atoms with E-state index in [0.717, 1.165) is 35.2 Å². The third kappa shape index (κ3) is 5.32. The lowest BCUT2D eigenvalue weighted by molar-refractivity contribution is 0.617. The molecule has 4 nitrogen and oxygen atoms in total. The highest BCUT2D eigenvalue weighted by Gasteiger charge is 2.03. The molecule has 0 aliphatic rings. The van der Waals surface area contributed by atoms with Crippen molar-refractivity contribution >= 4 is 17.3 Å². The number of aromatic nitrogens is 1. The number of hydrogen-bond donors (Lipinski definition) is 2. The molecule has 1 heterocycles. The molecule has 0 aliphatic heterocycles. The lowest BCUT2D eigenvalue weighted by Gasteiger charge is -2.10. The normalized spacial score (nSPS) is 11.6. The number of thiazole rings is 1. The van der Waals surface area contributed by atoms with Gasteiger partial charge in [-0.05, 0) is 37.5 Å². The van der Waals surface area contributed by atoms with Gasteiger partial charge < -0.3 is 10.6 Å². The van der Waals surface area contributed by atoms with Gasteiger partial charge in [-0.3, -0.25) is 0 Å². The molecule has 1 aromatic heterocycles. The molecule has 0 spiro atoms. The molecule has 0 bridgehead atoms. The number of aryl methyl sites for hydroxylation is 2. The molecule has 2 aromatic rings. The van der Waals surface area contributed by atoms with Gasteiger partial charge in [0, 0.05) is 11.9 Å². The summed E-state index contributed by atoms with van der Waals surface area (Å²) in [4.78, 5) is 9.08. The van der Waals surface area contributed by atoms with E-state index in [0.29, 0.717) is 18.7 Å². The van der Waals surface area contributed by atoms with Crippen molar-refractivity contribution < 1.29 is 4.39 Å². The first-order chi connectivity index (χ1) is 11.1. The molecule has 124 valence electrons. The van der Waals surface area contributed by atoms with Gasteiger partial charge in [-0.15, -0.1) is 11.3 Å². The molecule has 0 atom stereocenters. The Hall–Kier alpha value is -1.95. The standard InChI is InChI=1S/C17H23FN4S/c1-4-16-22-14(11-23-16)10-21-17(19-5-2)20-9-13-6-7-15(18)12(3)8-13/h6-8,11H,4-5,9-10H2,1-3H3,(H2,19,20,21). The molecular weight excluding hydrogens is 311 g/mol. The van der Waals surface area contributed by atoms with E-state index in [2.05, 4.69) is 32.9 Å². The highest BCUT2D eigenvalue weighted by molar-refractivity contribution is 7.09. The van der Waals surface area contributed by atoms with E-state index < -0.39 is 0 Å². The topological polar surface area (TPSA) is 49.3 Å². The summed E-state index contributed by atoms with van der Waals surface area (Å²) >= 11 is 1.68. The van der Waals surface area contributed by atoms with Crippen LogP contribution in [0.5, 0.6) is 0 Å². The summed E-state index contributed by atoms with van der Waals surface area (Å²) < 4.78 is 13.3. The van der Waals surface area contributed by atoms with E-state index in [9.17, 15) is 4.39 Å². The average molecular weight is 334 g/mol. The molecule has 1 aromatic carbocycles. The predicted octanol–water partition coefficient (Wildman–Crippen LogP) is 3.41. The van der Waals surface area contributed by atoms with Crippen molar-refractivity contribution in [1.29, 1.82) is 0 Å². The maximum absolute atomic E-state index is 13.3. The van der Waals surface area contributed by atoms with Gasteiger partial charge in [0.1, 0.15) is 5.82 Å². The summed E-state index contributed by atoms with van der Waals surface area (Å²) in [5.74, 6) is 0.554. The number of guanidine groups is 1. The predicted molar refractivity (Wildman–Crippen MR) is 94.3 cm³/mol. The summed E-state index contributed by atoms with van der Waals surface area (Å²) in [7, 11) is 0. The van der Waals surface area contributed by atoms with Gasteiger partial charge in [0.05, 0.1) is 23.8 Å². The molecule has 2 N–H and O–H groups in total. The number of halogens is 1. The highest BCUT2D eigenvalue weighted by Crippen LogP contribution is 2.11. The molecular formula is C17H23FN4S. The monoisotopic (exact) mass is 334 g/mol. The zero-order valence-electron chi connectivity index (χ0n) is 13.8. The van der Waals surface area contributed by atoms with Crippen LogP contribution in [0.25, 0.3) is 0 Å². The van der Waals surface area contributed by atoms with Crippen LogP contribution < -0.4 is 10.6 Å². The Balaban J connectivity index is 1.97. The van der Waals surface area contributed by atoms with Crippen LogP contribution in [0.1, 0.15) is 35.7 Å². The Morgan fingerprint density at radius 1 is 1.30 bits per heavy atom. The van der Waals surface area contributed by atoms with E-state index >= 15 is 0 Å². The van der Waals surface area contributed by atoms with Crippen LogP contribution in [0.3, 0.4) is 0 Å². The van der Waals surface area contributed by atoms with E-state index in [1.54, 1.807) is 24.3 Å². The van der Waals surface area contributed by atoms with E-state index in [1.807, 2.05) is 13.0 Å². The Bertz CT molecular complexity index is 666. The minimum absolute atomic E-state index is 0.182. The fraction of sp³-hybridized carbons (Fsp3) is 0.412. The second kappa shape index (κ2) is 8.62. The van der Waals surface area contributed by atoms with Crippen molar-refractivity contribution in [3.05, 3.63) is 51.2 Å². The lowest BCUT2D eigenvalue weighted by atomic mass is 10.1. The molecule has 23 heavy (non-hydrogen) atoms. The summed E-state index contributed by atoms with van der Waals surface area (Å²) in [6.45, 7) is 7.83. The molecule has 0 saturated heterocycles. The molecule has 6 heteroatoms. The molecule has 0 unspecified atom stereocenters. The van der Waals surface area contributed by atoms with Crippen molar-refractivity contribution in [3.8, 4) is 0 Å². The highest BCUT2D eigenvalue weighted by atomic mass is 32.1. The first kappa shape index (κ1) is 17.4. The van der Waals surface area contributed by atoms with Gasteiger partial charge in [0.15, 0.2) is 5.96 Å². The maximum Gasteiger partial charge on any atom is 0.191 e. The van der Waals surface area contributed by atoms with Crippen molar-refractivity contribution in [2.45, 2.75) is 40.3 Å². The van der Waals surface area contributed by atoms with Crippen molar-refractivity contribution in [3.63, 3.8) is 0 Å². The van der Waals surface area contributed by atoms with Crippen LogP contribution in [0.15, 0.2) is 28.6 Å². The lowest BCUT2D eigenvalue weighted by Crippen LogP contribution is -2.36. The Morgan fingerprint density at radius 3 is 2.78 bits per heavy atom. The second-order valence-corrected chi connectivity index (χ2v) is 6.16. The quantitative estimate of drug-likeness (QED) is 0.629. The molecule has 0 aliphatic carbocycles. The van der Waals surface area contributed by atoms with Gasteiger partial charge in [-0.25, -0.2) is 14.4 Å². The number of benzene rings is 1. The third-order valence-corrected chi connectivity index (χ3v) is 4.37. The van der Waals surface area contributed by atoms with Crippen LogP contribution in [-0.2, 0) is 19.5 Å². The minimum atomic E-state index is -0.182. The van der Waals surface area contributed by atoms with Crippen LogP contribution in [0.4, 0.5) is 4.39 Å². The number of rotatable bonds is 6. The molecule has 2 rings (SSSR count). The van der Waals surface area contributed by atoms with Crippen LogP contribution in [0.2, 0.25) is 0 Å². The Labute approximate surface area is 140 Å². The summed E-state index contributed by atoms with van der Waals surface area (Å²) in [6, 6.07) is 5.09. The van der Waals surface area contributed by atoms with Crippen molar-refractivity contribution in [1.82, 2.24) is 15.6 Å². The van der Waals surface area contributed by atoms with E-state index in [-0.39, 0.29) is 5.82 Å². The second-order valence-electron chi connectivity index (χ2n) is 5.22. The third-order valence-electron chi connectivity index (χ3n) is 3.33. The van der Waals surface area contributed by atoms with E-state index in [1.165, 1.54) is 6.07 Å². The number of hydrogen-bond acceptors (Lipinski definition) is 3.